The van der Waals surface area contributed by atoms with Gasteiger partial charge in [0.05, 0.1) is 11.0 Å². The summed E-state index contributed by atoms with van der Waals surface area (Å²) in [7, 11) is 0. The van der Waals surface area contributed by atoms with Gasteiger partial charge >= 0.3 is 0 Å². The van der Waals surface area contributed by atoms with Crippen LogP contribution in [0.25, 0.3) is 21.8 Å². The first kappa shape index (κ1) is 15.5. The maximum Gasteiger partial charge on any atom is 0.197 e. The van der Waals surface area contributed by atoms with E-state index < -0.39 is 0 Å². The summed E-state index contributed by atoms with van der Waals surface area (Å²) in [5, 5.41) is 1.92. The minimum atomic E-state index is 0.0130. The van der Waals surface area contributed by atoms with Gasteiger partial charge in [-0.15, -0.1) is 0 Å². The predicted molar refractivity (Wildman–Crippen MR) is 98.3 cm³/mol. The van der Waals surface area contributed by atoms with Gasteiger partial charge in [-0.1, -0.05) is 11.6 Å². The molecule has 24 heavy (non-hydrogen) atoms. The molecule has 0 bridgehead atoms. The number of hydrogen-bond donors (Lipinski definition) is 1. The number of aromatic amines is 1. The molecule has 2 heterocycles. The number of pyridine rings is 1. The number of aromatic nitrogens is 1. The molecule has 0 aliphatic carbocycles. The van der Waals surface area contributed by atoms with E-state index in [4.69, 9.17) is 16.3 Å². The van der Waals surface area contributed by atoms with Gasteiger partial charge in [-0.05, 0) is 56.3 Å². The van der Waals surface area contributed by atoms with Crippen molar-refractivity contribution in [2.45, 2.75) is 12.8 Å². The van der Waals surface area contributed by atoms with Crippen LogP contribution in [0.5, 0.6) is 5.75 Å². The number of H-pyrrole nitrogens is 1. The predicted octanol–water partition coefficient (Wildman–Crippen LogP) is 3.81. The van der Waals surface area contributed by atoms with E-state index in [-0.39, 0.29) is 5.43 Å². The molecular weight excluding hydrogens is 324 g/mol. The molecule has 1 saturated heterocycles. The zero-order valence-corrected chi connectivity index (χ0v) is 14.1. The maximum absolute atomic E-state index is 12.6. The molecule has 0 radical (unpaired) electrons. The molecule has 124 valence electrons. The standard InChI is InChI=1S/C19H19ClN2O2/c20-13-3-5-15-17(11-13)21-18-12-14(4-6-16(18)19(15)23)24-10-9-22-7-1-2-8-22/h3-6,11-12H,1-2,7-10H2,(H,21,23). The fourth-order valence-corrected chi connectivity index (χ4v) is 3.49. The number of ether oxygens (including phenoxy) is 1. The Morgan fingerprint density at radius 1 is 1.04 bits per heavy atom. The average Bonchev–Trinajstić information content (AvgIpc) is 3.08. The van der Waals surface area contributed by atoms with Crippen LogP contribution in [0.1, 0.15) is 12.8 Å². The highest BCUT2D eigenvalue weighted by molar-refractivity contribution is 6.31. The SMILES string of the molecule is O=c1c2ccc(Cl)cc2[nH]c2cc(OCCN3CCCC3)ccc12. The minimum Gasteiger partial charge on any atom is -0.492 e. The largest absolute Gasteiger partial charge is 0.492 e. The number of nitrogens with zero attached hydrogens (tertiary/aromatic N) is 1. The van der Waals surface area contributed by atoms with Crippen LogP contribution in [0.2, 0.25) is 5.02 Å². The summed E-state index contributed by atoms with van der Waals surface area (Å²) in [4.78, 5) is 18.3. The normalized spacial score (nSPS) is 15.4. The first-order valence-electron chi connectivity index (χ1n) is 8.31. The Bertz CT molecular complexity index is 945. The van der Waals surface area contributed by atoms with Gasteiger partial charge in [0.2, 0.25) is 0 Å². The highest BCUT2D eigenvalue weighted by Crippen LogP contribution is 2.22. The topological polar surface area (TPSA) is 45.3 Å². The molecule has 3 aromatic rings. The molecule has 1 aliphatic rings. The molecule has 1 fully saturated rings. The van der Waals surface area contributed by atoms with Gasteiger partial charge in [0.15, 0.2) is 5.43 Å². The van der Waals surface area contributed by atoms with Gasteiger partial charge in [0.1, 0.15) is 12.4 Å². The lowest BCUT2D eigenvalue weighted by Gasteiger charge is -2.15. The Labute approximate surface area is 145 Å². The molecule has 4 nitrogen and oxygen atoms in total. The first-order valence-corrected chi connectivity index (χ1v) is 8.69. The number of likely N-dealkylation sites (tertiary alicyclic amines) is 1. The lowest BCUT2D eigenvalue weighted by atomic mass is 10.1. The first-order chi connectivity index (χ1) is 11.7. The molecule has 1 aliphatic heterocycles. The second kappa shape index (κ2) is 6.46. The van der Waals surface area contributed by atoms with Crippen LogP contribution in [-0.4, -0.2) is 36.1 Å². The van der Waals surface area contributed by atoms with Crippen LogP contribution in [0.4, 0.5) is 0 Å². The smallest absolute Gasteiger partial charge is 0.197 e. The summed E-state index contributed by atoms with van der Waals surface area (Å²) in [5.41, 5.74) is 1.53. The van der Waals surface area contributed by atoms with Crippen molar-refractivity contribution < 1.29 is 4.74 Å². The van der Waals surface area contributed by atoms with Crippen molar-refractivity contribution in [1.29, 1.82) is 0 Å². The van der Waals surface area contributed by atoms with E-state index in [0.717, 1.165) is 23.3 Å². The van der Waals surface area contributed by atoms with E-state index in [9.17, 15) is 4.79 Å². The zero-order valence-electron chi connectivity index (χ0n) is 13.3. The second-order valence-corrected chi connectivity index (χ2v) is 6.69. The van der Waals surface area contributed by atoms with Crippen molar-refractivity contribution in [3.05, 3.63) is 51.6 Å². The Hall–Kier alpha value is -2.04. The van der Waals surface area contributed by atoms with E-state index in [1.807, 2.05) is 18.2 Å². The number of nitrogens with one attached hydrogen (secondary N) is 1. The third-order valence-electron chi connectivity index (χ3n) is 4.61. The maximum atomic E-state index is 12.6. The fraction of sp³-hybridized carbons (Fsp3) is 0.316. The van der Waals surface area contributed by atoms with E-state index in [0.29, 0.717) is 22.4 Å². The number of fused-ring (bicyclic) bond motifs is 2. The highest BCUT2D eigenvalue weighted by Gasteiger charge is 2.11. The van der Waals surface area contributed by atoms with E-state index in [2.05, 4.69) is 9.88 Å². The van der Waals surface area contributed by atoms with E-state index in [1.54, 1.807) is 18.2 Å². The van der Waals surface area contributed by atoms with E-state index >= 15 is 0 Å². The molecule has 4 rings (SSSR count). The Balaban J connectivity index is 1.61. The minimum absolute atomic E-state index is 0.0130. The van der Waals surface area contributed by atoms with Crippen molar-refractivity contribution in [3.63, 3.8) is 0 Å². The van der Waals surface area contributed by atoms with Crippen molar-refractivity contribution in [1.82, 2.24) is 9.88 Å². The van der Waals surface area contributed by atoms with Gasteiger partial charge in [0, 0.05) is 28.4 Å². The number of hydrogen-bond acceptors (Lipinski definition) is 3. The molecule has 5 heteroatoms. The number of halogens is 1. The Morgan fingerprint density at radius 2 is 1.75 bits per heavy atom. The molecule has 0 atom stereocenters. The molecule has 1 N–H and O–H groups in total. The van der Waals surface area contributed by atoms with E-state index in [1.165, 1.54) is 25.9 Å². The second-order valence-electron chi connectivity index (χ2n) is 6.25. The fourth-order valence-electron chi connectivity index (χ4n) is 3.32. The summed E-state index contributed by atoms with van der Waals surface area (Å²) < 4.78 is 5.86. The highest BCUT2D eigenvalue weighted by atomic mass is 35.5. The van der Waals surface area contributed by atoms with Crippen LogP contribution in [0, 0.1) is 0 Å². The summed E-state index contributed by atoms with van der Waals surface area (Å²) in [6.45, 7) is 3.94. The Kier molecular flexibility index (Phi) is 4.17. The summed E-state index contributed by atoms with van der Waals surface area (Å²) in [5.74, 6) is 0.777. The number of benzene rings is 2. The van der Waals surface area contributed by atoms with Gasteiger partial charge in [0.25, 0.3) is 0 Å². The van der Waals surface area contributed by atoms with Crippen LogP contribution in [0.15, 0.2) is 41.2 Å². The van der Waals surface area contributed by atoms with Crippen LogP contribution < -0.4 is 10.2 Å². The molecule has 1 aromatic heterocycles. The van der Waals surface area contributed by atoms with Gasteiger partial charge in [-0.25, -0.2) is 0 Å². The summed E-state index contributed by atoms with van der Waals surface area (Å²) in [6.07, 6.45) is 2.57. The summed E-state index contributed by atoms with van der Waals surface area (Å²) in [6, 6.07) is 10.9. The molecule has 0 saturated carbocycles. The monoisotopic (exact) mass is 342 g/mol. The molecule has 0 unspecified atom stereocenters. The van der Waals surface area contributed by atoms with Crippen LogP contribution in [0.3, 0.4) is 0 Å². The third kappa shape index (κ3) is 2.99. The van der Waals surface area contributed by atoms with Gasteiger partial charge in [-0.2, -0.15) is 0 Å². The molecule has 0 spiro atoms. The van der Waals surface area contributed by atoms with Gasteiger partial charge in [-0.3, -0.25) is 9.69 Å². The molecule has 0 amide bonds. The lowest BCUT2D eigenvalue weighted by Crippen LogP contribution is -2.25. The van der Waals surface area contributed by atoms with Crippen LogP contribution in [-0.2, 0) is 0 Å². The van der Waals surface area contributed by atoms with Crippen molar-refractivity contribution in [3.8, 4) is 5.75 Å². The average molecular weight is 343 g/mol. The third-order valence-corrected chi connectivity index (χ3v) is 4.84. The zero-order chi connectivity index (χ0) is 16.5. The van der Waals surface area contributed by atoms with Gasteiger partial charge < -0.3 is 9.72 Å². The van der Waals surface area contributed by atoms with Crippen molar-refractivity contribution in [2.75, 3.05) is 26.2 Å². The summed E-state index contributed by atoms with van der Waals surface area (Å²) >= 11 is 6.03. The van der Waals surface area contributed by atoms with Crippen molar-refractivity contribution >= 4 is 33.4 Å². The quantitative estimate of drug-likeness (QED) is 0.733. The lowest BCUT2D eigenvalue weighted by molar-refractivity contribution is 0.238. The molecule has 2 aromatic carbocycles. The Morgan fingerprint density at radius 3 is 2.54 bits per heavy atom. The van der Waals surface area contributed by atoms with Crippen LogP contribution >= 0.6 is 11.6 Å². The molecular formula is C19H19ClN2O2. The number of rotatable bonds is 4. The van der Waals surface area contributed by atoms with Crippen molar-refractivity contribution in [2.24, 2.45) is 0 Å².